The molecule has 21 heavy (non-hydrogen) atoms. The summed E-state index contributed by atoms with van der Waals surface area (Å²) in [5, 5.41) is 3.36. The van der Waals surface area contributed by atoms with Gasteiger partial charge >= 0.3 is 0 Å². The minimum Gasteiger partial charge on any atom is -0.493 e. The lowest BCUT2D eigenvalue weighted by molar-refractivity contribution is 0.0793. The van der Waals surface area contributed by atoms with Gasteiger partial charge in [0, 0.05) is 18.7 Å². The molecule has 1 N–H and O–H groups in total. The second kappa shape index (κ2) is 6.94. The van der Waals surface area contributed by atoms with Crippen LogP contribution in [-0.4, -0.2) is 43.6 Å². The number of hydrogen-bond donors (Lipinski definition) is 1. The van der Waals surface area contributed by atoms with Crippen molar-refractivity contribution in [1.29, 1.82) is 0 Å². The number of likely N-dealkylation sites (tertiary alicyclic amines) is 1. The molecule has 2 aliphatic heterocycles. The van der Waals surface area contributed by atoms with Gasteiger partial charge in [-0.25, -0.2) is 0 Å². The van der Waals surface area contributed by atoms with Crippen LogP contribution in [0.4, 0.5) is 0 Å². The number of hydrogen-bond acceptors (Lipinski definition) is 3. The zero-order valence-electron chi connectivity index (χ0n) is 12.5. The monoisotopic (exact) mass is 288 g/mol. The van der Waals surface area contributed by atoms with Crippen molar-refractivity contribution in [3.8, 4) is 5.75 Å². The third-order valence-electron chi connectivity index (χ3n) is 4.44. The van der Waals surface area contributed by atoms with Crippen molar-refractivity contribution in [1.82, 2.24) is 10.2 Å². The zero-order chi connectivity index (χ0) is 14.5. The minimum atomic E-state index is 0.150. The lowest BCUT2D eigenvalue weighted by atomic mass is 9.99. The van der Waals surface area contributed by atoms with Gasteiger partial charge in [-0.3, -0.25) is 4.79 Å². The van der Waals surface area contributed by atoms with E-state index >= 15 is 0 Å². The van der Waals surface area contributed by atoms with E-state index in [2.05, 4.69) is 5.32 Å². The molecule has 0 bridgehead atoms. The first-order chi connectivity index (χ1) is 10.3. The quantitative estimate of drug-likeness (QED) is 0.924. The van der Waals surface area contributed by atoms with Crippen molar-refractivity contribution in [3.63, 3.8) is 0 Å². The lowest BCUT2D eigenvalue weighted by Crippen LogP contribution is -2.30. The maximum atomic E-state index is 12.2. The summed E-state index contributed by atoms with van der Waals surface area (Å²) in [6, 6.07) is 7.62. The lowest BCUT2D eigenvalue weighted by Gasteiger charge is -2.22. The van der Waals surface area contributed by atoms with Gasteiger partial charge in [-0.1, -0.05) is 0 Å². The second-order valence-electron chi connectivity index (χ2n) is 6.03. The summed E-state index contributed by atoms with van der Waals surface area (Å²) in [6.07, 6.45) is 4.63. The first-order valence-corrected chi connectivity index (χ1v) is 8.06. The molecule has 0 aliphatic carbocycles. The van der Waals surface area contributed by atoms with Crippen LogP contribution in [0.3, 0.4) is 0 Å². The van der Waals surface area contributed by atoms with Crippen molar-refractivity contribution >= 4 is 5.91 Å². The molecule has 114 valence electrons. The second-order valence-corrected chi connectivity index (χ2v) is 6.03. The molecule has 0 atom stereocenters. The van der Waals surface area contributed by atoms with Crippen molar-refractivity contribution in [2.75, 3.05) is 32.8 Å². The Hall–Kier alpha value is -1.55. The molecule has 1 amide bonds. The highest BCUT2D eigenvalue weighted by Crippen LogP contribution is 2.19. The molecule has 0 radical (unpaired) electrons. The highest BCUT2D eigenvalue weighted by atomic mass is 16.5. The fourth-order valence-electron chi connectivity index (χ4n) is 3.06. The average Bonchev–Trinajstić information content (AvgIpc) is 3.08. The van der Waals surface area contributed by atoms with Gasteiger partial charge in [0.1, 0.15) is 5.75 Å². The van der Waals surface area contributed by atoms with Gasteiger partial charge < -0.3 is 15.0 Å². The van der Waals surface area contributed by atoms with Crippen molar-refractivity contribution in [3.05, 3.63) is 29.8 Å². The van der Waals surface area contributed by atoms with E-state index in [1.165, 1.54) is 12.8 Å². The Kier molecular flexibility index (Phi) is 4.76. The summed E-state index contributed by atoms with van der Waals surface area (Å²) in [7, 11) is 0. The molecule has 4 nitrogen and oxygen atoms in total. The SMILES string of the molecule is O=C(c1ccc(OCC2CCNCC2)cc1)N1CCCC1. The Morgan fingerprint density at radius 3 is 2.48 bits per heavy atom. The summed E-state index contributed by atoms with van der Waals surface area (Å²) in [5.41, 5.74) is 0.770. The van der Waals surface area contributed by atoms with Crippen LogP contribution in [0.25, 0.3) is 0 Å². The van der Waals surface area contributed by atoms with Crippen molar-refractivity contribution in [2.45, 2.75) is 25.7 Å². The third kappa shape index (κ3) is 3.76. The molecule has 2 heterocycles. The van der Waals surface area contributed by atoms with Crippen molar-refractivity contribution < 1.29 is 9.53 Å². The molecule has 3 rings (SSSR count). The number of amides is 1. The van der Waals surface area contributed by atoms with E-state index in [0.29, 0.717) is 5.92 Å². The Bertz CT molecular complexity index is 460. The number of carbonyl (C=O) groups is 1. The van der Waals surface area contributed by atoms with Gasteiger partial charge in [0.25, 0.3) is 5.91 Å². The van der Waals surface area contributed by atoms with Gasteiger partial charge in [-0.2, -0.15) is 0 Å². The molecule has 0 saturated carbocycles. The van der Waals surface area contributed by atoms with Gasteiger partial charge in [-0.15, -0.1) is 0 Å². The Morgan fingerprint density at radius 2 is 1.81 bits per heavy atom. The number of ether oxygens (including phenoxy) is 1. The summed E-state index contributed by atoms with van der Waals surface area (Å²) in [5.74, 6) is 1.67. The van der Waals surface area contributed by atoms with Crippen LogP contribution in [0.15, 0.2) is 24.3 Å². The molecule has 2 saturated heterocycles. The summed E-state index contributed by atoms with van der Waals surface area (Å²) in [4.78, 5) is 14.2. The maximum absolute atomic E-state index is 12.2. The van der Waals surface area contributed by atoms with Crippen LogP contribution in [0.2, 0.25) is 0 Å². The van der Waals surface area contributed by atoms with Crippen LogP contribution < -0.4 is 10.1 Å². The zero-order valence-corrected chi connectivity index (χ0v) is 12.5. The highest BCUT2D eigenvalue weighted by molar-refractivity contribution is 5.94. The molecule has 0 aromatic heterocycles. The minimum absolute atomic E-state index is 0.150. The molecule has 2 aliphatic rings. The van der Waals surface area contributed by atoms with Crippen molar-refractivity contribution in [2.24, 2.45) is 5.92 Å². The van der Waals surface area contributed by atoms with Gasteiger partial charge in [0.2, 0.25) is 0 Å². The summed E-state index contributed by atoms with van der Waals surface area (Å²) in [6.45, 7) is 4.76. The largest absolute Gasteiger partial charge is 0.493 e. The van der Waals surface area contributed by atoms with Gasteiger partial charge in [0.05, 0.1) is 6.61 Å². The predicted molar refractivity (Wildman–Crippen MR) is 82.7 cm³/mol. The topological polar surface area (TPSA) is 41.6 Å². The average molecular weight is 288 g/mol. The smallest absolute Gasteiger partial charge is 0.253 e. The number of piperidine rings is 1. The number of nitrogens with one attached hydrogen (secondary N) is 1. The van der Waals surface area contributed by atoms with Crippen LogP contribution in [0.1, 0.15) is 36.0 Å². The molecule has 4 heteroatoms. The van der Waals surface area contributed by atoms with E-state index in [-0.39, 0.29) is 5.91 Å². The van der Waals surface area contributed by atoms with Crippen LogP contribution in [-0.2, 0) is 0 Å². The van der Waals surface area contributed by atoms with E-state index in [9.17, 15) is 4.79 Å². The number of rotatable bonds is 4. The number of nitrogens with zero attached hydrogens (tertiary/aromatic N) is 1. The molecule has 1 aromatic carbocycles. The fraction of sp³-hybridized carbons (Fsp3) is 0.588. The first-order valence-electron chi connectivity index (χ1n) is 8.06. The summed E-state index contributed by atoms with van der Waals surface area (Å²) < 4.78 is 5.85. The van der Waals surface area contributed by atoms with E-state index < -0.39 is 0 Å². The van der Waals surface area contributed by atoms with E-state index in [0.717, 1.165) is 56.9 Å². The van der Waals surface area contributed by atoms with Gasteiger partial charge in [-0.05, 0) is 69.0 Å². The first kappa shape index (κ1) is 14.4. The van der Waals surface area contributed by atoms with Crippen LogP contribution in [0, 0.1) is 5.92 Å². The molecule has 0 spiro atoms. The van der Waals surface area contributed by atoms with E-state index in [4.69, 9.17) is 4.74 Å². The predicted octanol–water partition coefficient (Wildman–Crippen LogP) is 2.30. The Labute approximate surface area is 126 Å². The Morgan fingerprint density at radius 1 is 1.14 bits per heavy atom. The van der Waals surface area contributed by atoms with Gasteiger partial charge in [0.15, 0.2) is 0 Å². The molecular formula is C17H24N2O2. The van der Waals surface area contributed by atoms with Crippen LogP contribution >= 0.6 is 0 Å². The molecule has 1 aromatic rings. The standard InChI is InChI=1S/C17H24N2O2/c20-17(19-11-1-2-12-19)15-3-5-16(6-4-15)21-13-14-7-9-18-10-8-14/h3-6,14,18H,1-2,7-13H2. The molecular weight excluding hydrogens is 264 g/mol. The fourth-order valence-corrected chi connectivity index (χ4v) is 3.06. The van der Waals surface area contributed by atoms with E-state index in [1.807, 2.05) is 29.2 Å². The summed E-state index contributed by atoms with van der Waals surface area (Å²) >= 11 is 0. The Balaban J connectivity index is 1.52. The van der Waals surface area contributed by atoms with Crippen LogP contribution in [0.5, 0.6) is 5.75 Å². The third-order valence-corrected chi connectivity index (χ3v) is 4.44. The molecule has 0 unspecified atom stereocenters. The normalized spacial score (nSPS) is 19.7. The number of carbonyl (C=O) groups excluding carboxylic acids is 1. The number of benzene rings is 1. The van der Waals surface area contributed by atoms with E-state index in [1.54, 1.807) is 0 Å². The molecule has 2 fully saturated rings. The highest BCUT2D eigenvalue weighted by Gasteiger charge is 2.19. The maximum Gasteiger partial charge on any atom is 0.253 e.